The minimum Gasteiger partial charge on any atom is -0.493 e. The van der Waals surface area contributed by atoms with Gasteiger partial charge in [0.25, 0.3) is 0 Å². The molecule has 1 saturated heterocycles. The Kier molecular flexibility index (Phi) is 8.30. The van der Waals surface area contributed by atoms with E-state index in [1.807, 2.05) is 56.3 Å². The summed E-state index contributed by atoms with van der Waals surface area (Å²) in [6, 6.07) is 12.7. The average molecular weight is 405 g/mol. The molecular weight excluding hydrogens is 376 g/mol. The summed E-state index contributed by atoms with van der Waals surface area (Å²) in [6.45, 7) is 6.29. The largest absolute Gasteiger partial charge is 0.493 e. The van der Waals surface area contributed by atoms with E-state index >= 15 is 0 Å². The van der Waals surface area contributed by atoms with Gasteiger partial charge in [-0.25, -0.2) is 0 Å². The van der Waals surface area contributed by atoms with E-state index in [1.165, 1.54) is 0 Å². The third kappa shape index (κ3) is 5.96. The number of anilines is 1. The highest BCUT2D eigenvalue weighted by molar-refractivity contribution is 5.95. The van der Waals surface area contributed by atoms with Crippen molar-refractivity contribution in [1.29, 1.82) is 0 Å². The second kappa shape index (κ2) is 10.5. The molecule has 1 fully saturated rings. The fourth-order valence-corrected chi connectivity index (χ4v) is 3.10. The van der Waals surface area contributed by atoms with E-state index in [9.17, 15) is 4.79 Å². The number of nitrogens with two attached hydrogens (primary N) is 1. The van der Waals surface area contributed by atoms with Gasteiger partial charge in [-0.05, 0) is 49.8 Å². The molecule has 3 rings (SSSR count). The number of halogens is 1. The monoisotopic (exact) mass is 404 g/mol. The molecular formula is C22H29ClN2O3. The Morgan fingerprint density at radius 2 is 1.86 bits per heavy atom. The molecule has 2 aromatic carbocycles. The van der Waals surface area contributed by atoms with E-state index in [0.29, 0.717) is 18.2 Å². The molecule has 0 saturated carbocycles. The maximum atomic E-state index is 12.5. The van der Waals surface area contributed by atoms with Gasteiger partial charge in [-0.1, -0.05) is 35.9 Å². The lowest BCUT2D eigenvalue weighted by Gasteiger charge is -2.22. The summed E-state index contributed by atoms with van der Waals surface area (Å²) in [4.78, 5) is 12.5. The van der Waals surface area contributed by atoms with Crippen molar-refractivity contribution < 1.29 is 14.3 Å². The normalized spacial score (nSPS) is 15.4. The molecule has 1 heterocycles. The summed E-state index contributed by atoms with van der Waals surface area (Å²) in [5, 5.41) is 2.90. The molecule has 2 aromatic rings. The van der Waals surface area contributed by atoms with Crippen LogP contribution in [0.15, 0.2) is 42.5 Å². The summed E-state index contributed by atoms with van der Waals surface area (Å²) in [6.07, 6.45) is 2.06. The van der Waals surface area contributed by atoms with Crippen molar-refractivity contribution in [2.24, 2.45) is 11.7 Å². The predicted octanol–water partition coefficient (Wildman–Crippen LogP) is 4.17. The Balaban J connectivity index is 0.00000280. The fraction of sp³-hybridized carbons (Fsp3) is 0.409. The van der Waals surface area contributed by atoms with Crippen LogP contribution in [0.25, 0.3) is 0 Å². The van der Waals surface area contributed by atoms with Crippen LogP contribution in [0, 0.1) is 19.8 Å². The number of carbonyl (C=O) groups excluding carboxylic acids is 1. The van der Waals surface area contributed by atoms with Crippen molar-refractivity contribution in [3.8, 4) is 5.75 Å². The van der Waals surface area contributed by atoms with Crippen molar-refractivity contribution in [2.45, 2.75) is 32.7 Å². The molecule has 0 aliphatic carbocycles. The van der Waals surface area contributed by atoms with E-state index in [1.54, 1.807) is 0 Å². The summed E-state index contributed by atoms with van der Waals surface area (Å²) in [5.74, 6) is 1.08. The minimum absolute atomic E-state index is 0. The zero-order chi connectivity index (χ0) is 19.2. The second-order valence-electron chi connectivity index (χ2n) is 7.22. The van der Waals surface area contributed by atoms with Gasteiger partial charge in [0.1, 0.15) is 11.8 Å². The lowest BCUT2D eigenvalue weighted by atomic mass is 10.0. The van der Waals surface area contributed by atoms with Gasteiger partial charge in [-0.2, -0.15) is 0 Å². The zero-order valence-electron chi connectivity index (χ0n) is 16.4. The maximum absolute atomic E-state index is 12.5. The van der Waals surface area contributed by atoms with Crippen molar-refractivity contribution in [2.75, 3.05) is 25.1 Å². The van der Waals surface area contributed by atoms with Crippen LogP contribution in [0.2, 0.25) is 0 Å². The molecule has 0 radical (unpaired) electrons. The fourth-order valence-electron chi connectivity index (χ4n) is 3.10. The molecule has 1 atom stereocenters. The number of rotatable bonds is 6. The Morgan fingerprint density at radius 1 is 1.18 bits per heavy atom. The number of benzene rings is 2. The molecule has 1 aliphatic rings. The summed E-state index contributed by atoms with van der Waals surface area (Å²) in [7, 11) is 0. The maximum Gasteiger partial charge on any atom is 0.245 e. The number of carbonyl (C=O) groups is 1. The molecule has 28 heavy (non-hydrogen) atoms. The third-order valence-electron chi connectivity index (χ3n) is 4.99. The van der Waals surface area contributed by atoms with E-state index in [2.05, 4.69) is 5.32 Å². The first-order valence-electron chi connectivity index (χ1n) is 9.47. The highest BCUT2D eigenvalue weighted by atomic mass is 35.5. The molecule has 0 bridgehead atoms. The first-order chi connectivity index (χ1) is 13.0. The summed E-state index contributed by atoms with van der Waals surface area (Å²) >= 11 is 0. The molecule has 5 nitrogen and oxygen atoms in total. The Bertz CT molecular complexity index is 774. The summed E-state index contributed by atoms with van der Waals surface area (Å²) in [5.41, 5.74) is 9.77. The first kappa shape index (κ1) is 22.2. The van der Waals surface area contributed by atoms with Crippen LogP contribution in [0.3, 0.4) is 0 Å². The van der Waals surface area contributed by atoms with E-state index < -0.39 is 6.04 Å². The van der Waals surface area contributed by atoms with Gasteiger partial charge in [0.2, 0.25) is 5.91 Å². The van der Waals surface area contributed by atoms with Crippen LogP contribution in [0.5, 0.6) is 5.75 Å². The molecule has 152 valence electrons. The first-order valence-corrected chi connectivity index (χ1v) is 9.47. The van der Waals surface area contributed by atoms with E-state index in [0.717, 1.165) is 48.5 Å². The van der Waals surface area contributed by atoms with Crippen molar-refractivity contribution in [3.05, 3.63) is 59.2 Å². The highest BCUT2D eigenvalue weighted by Crippen LogP contribution is 2.25. The standard InChI is InChI=1S/C22H28N2O3.ClH/c1-15-3-6-18(7-4-15)21(23)22(25)24-19-8-5-16(2)20(13-19)27-14-17-9-11-26-12-10-17;/h3-8,13,17,21H,9-12,14,23H2,1-2H3,(H,24,25);1H. The Hall–Kier alpha value is -2.08. The van der Waals surface area contributed by atoms with Gasteiger partial charge in [0.05, 0.1) is 6.61 Å². The number of nitrogens with one attached hydrogen (secondary N) is 1. The number of hydrogen-bond donors (Lipinski definition) is 2. The third-order valence-corrected chi connectivity index (χ3v) is 4.99. The van der Waals surface area contributed by atoms with Gasteiger partial charge in [0.15, 0.2) is 0 Å². The Labute approximate surface area is 173 Å². The molecule has 0 aromatic heterocycles. The van der Waals surface area contributed by atoms with Crippen molar-refractivity contribution >= 4 is 24.0 Å². The number of amides is 1. The highest BCUT2D eigenvalue weighted by Gasteiger charge is 2.17. The minimum atomic E-state index is -0.710. The van der Waals surface area contributed by atoms with Crippen LogP contribution >= 0.6 is 12.4 Å². The van der Waals surface area contributed by atoms with E-state index in [4.69, 9.17) is 15.2 Å². The number of ether oxygens (including phenoxy) is 2. The van der Waals surface area contributed by atoms with Crippen LogP contribution in [-0.2, 0) is 9.53 Å². The SMILES string of the molecule is Cc1ccc(C(N)C(=O)Nc2ccc(C)c(OCC3CCOCC3)c2)cc1.Cl. The number of aryl methyl sites for hydroxylation is 2. The van der Waals surface area contributed by atoms with Gasteiger partial charge in [-0.3, -0.25) is 4.79 Å². The lowest BCUT2D eigenvalue weighted by Crippen LogP contribution is -2.27. The van der Waals surface area contributed by atoms with E-state index in [-0.39, 0.29) is 18.3 Å². The molecule has 1 aliphatic heterocycles. The summed E-state index contributed by atoms with van der Waals surface area (Å²) < 4.78 is 11.4. The molecule has 1 amide bonds. The average Bonchev–Trinajstić information content (AvgIpc) is 2.69. The van der Waals surface area contributed by atoms with Crippen molar-refractivity contribution in [1.82, 2.24) is 0 Å². The van der Waals surface area contributed by atoms with Gasteiger partial charge in [0, 0.05) is 25.0 Å². The topological polar surface area (TPSA) is 73.6 Å². The van der Waals surface area contributed by atoms with Gasteiger partial charge in [-0.15, -0.1) is 12.4 Å². The van der Waals surface area contributed by atoms with Crippen LogP contribution < -0.4 is 15.8 Å². The molecule has 3 N–H and O–H groups in total. The molecule has 1 unspecified atom stereocenters. The second-order valence-corrected chi connectivity index (χ2v) is 7.22. The molecule has 0 spiro atoms. The zero-order valence-corrected chi connectivity index (χ0v) is 17.3. The van der Waals surface area contributed by atoms with Gasteiger partial charge < -0.3 is 20.5 Å². The quantitative estimate of drug-likeness (QED) is 0.757. The number of hydrogen-bond acceptors (Lipinski definition) is 4. The van der Waals surface area contributed by atoms with Gasteiger partial charge >= 0.3 is 0 Å². The predicted molar refractivity (Wildman–Crippen MR) is 114 cm³/mol. The Morgan fingerprint density at radius 3 is 2.54 bits per heavy atom. The van der Waals surface area contributed by atoms with Crippen LogP contribution in [0.4, 0.5) is 5.69 Å². The lowest BCUT2D eigenvalue weighted by molar-refractivity contribution is -0.117. The van der Waals surface area contributed by atoms with Crippen LogP contribution in [-0.4, -0.2) is 25.7 Å². The molecule has 6 heteroatoms. The van der Waals surface area contributed by atoms with Crippen molar-refractivity contribution in [3.63, 3.8) is 0 Å². The van der Waals surface area contributed by atoms with Crippen LogP contribution in [0.1, 0.15) is 35.6 Å². The smallest absolute Gasteiger partial charge is 0.245 e.